The van der Waals surface area contributed by atoms with Crippen LogP contribution in [0.15, 0.2) is 66.9 Å². The molecule has 0 radical (unpaired) electrons. The number of carbonyl (C=O) groups is 2. The quantitative estimate of drug-likeness (QED) is 0.361. The van der Waals surface area contributed by atoms with Crippen molar-refractivity contribution in [3.63, 3.8) is 0 Å². The molecule has 0 N–H and O–H groups in total. The predicted octanol–water partition coefficient (Wildman–Crippen LogP) is 5.36. The molecule has 0 aliphatic carbocycles. The molecule has 1 aromatic heterocycles. The maximum absolute atomic E-state index is 14.3. The summed E-state index contributed by atoms with van der Waals surface area (Å²) in [6.45, 7) is 8.64. The second-order valence-corrected chi connectivity index (χ2v) is 9.26. The fraction of sp³-hybridized carbons (Fsp3) is 0.379. The van der Waals surface area contributed by atoms with Crippen molar-refractivity contribution in [1.82, 2.24) is 14.4 Å². The number of hydrogen-bond acceptors (Lipinski definition) is 3. The molecule has 0 spiro atoms. The third kappa shape index (κ3) is 6.53. The van der Waals surface area contributed by atoms with Gasteiger partial charge in [-0.25, -0.2) is 4.39 Å². The molecule has 1 heterocycles. The second kappa shape index (κ2) is 12.4. The number of aromatic nitrogens is 1. The van der Waals surface area contributed by atoms with Crippen LogP contribution in [0.25, 0.3) is 0 Å². The Morgan fingerprint density at radius 2 is 1.75 bits per heavy atom. The minimum absolute atomic E-state index is 0.0266. The van der Waals surface area contributed by atoms with E-state index in [0.717, 1.165) is 23.4 Å². The fourth-order valence-electron chi connectivity index (χ4n) is 4.11. The van der Waals surface area contributed by atoms with Crippen LogP contribution in [0.4, 0.5) is 4.39 Å². The Labute approximate surface area is 213 Å². The normalized spacial score (nSPS) is 11.9. The lowest BCUT2D eigenvalue weighted by atomic mass is 10.1. The molecular formula is C29H36FN3O3. The number of halogens is 1. The van der Waals surface area contributed by atoms with Gasteiger partial charge in [-0.15, -0.1) is 0 Å². The van der Waals surface area contributed by atoms with Crippen molar-refractivity contribution >= 4 is 11.8 Å². The van der Waals surface area contributed by atoms with Crippen LogP contribution < -0.4 is 4.74 Å². The largest absolute Gasteiger partial charge is 0.497 e. The van der Waals surface area contributed by atoms with Gasteiger partial charge in [0.05, 0.1) is 19.2 Å². The van der Waals surface area contributed by atoms with Crippen molar-refractivity contribution in [2.24, 2.45) is 0 Å². The highest BCUT2D eigenvalue weighted by molar-refractivity contribution is 5.97. The molecule has 0 aliphatic rings. The van der Waals surface area contributed by atoms with Crippen molar-refractivity contribution in [1.29, 1.82) is 0 Å². The summed E-state index contributed by atoms with van der Waals surface area (Å²) in [7, 11) is 1.65. The van der Waals surface area contributed by atoms with Crippen molar-refractivity contribution in [3.8, 4) is 5.75 Å². The van der Waals surface area contributed by atoms with Gasteiger partial charge < -0.3 is 19.1 Å². The van der Waals surface area contributed by atoms with E-state index in [1.165, 1.54) is 17.0 Å². The zero-order valence-electron chi connectivity index (χ0n) is 21.8. The van der Waals surface area contributed by atoms with E-state index in [9.17, 15) is 14.0 Å². The summed E-state index contributed by atoms with van der Waals surface area (Å²) in [6.07, 6.45) is 2.77. The second-order valence-electron chi connectivity index (χ2n) is 9.26. The molecule has 6 nitrogen and oxygen atoms in total. The van der Waals surface area contributed by atoms with Crippen LogP contribution in [-0.2, 0) is 17.9 Å². The van der Waals surface area contributed by atoms with E-state index >= 15 is 0 Å². The molecule has 7 heteroatoms. The van der Waals surface area contributed by atoms with Crippen molar-refractivity contribution < 1.29 is 18.7 Å². The van der Waals surface area contributed by atoms with Crippen LogP contribution in [0.3, 0.4) is 0 Å². The molecule has 1 unspecified atom stereocenters. The Bertz CT molecular complexity index is 1170. The van der Waals surface area contributed by atoms with E-state index in [-0.39, 0.29) is 30.1 Å². The molecule has 36 heavy (non-hydrogen) atoms. The summed E-state index contributed by atoms with van der Waals surface area (Å²) in [5.74, 6) is -0.445. The predicted molar refractivity (Wildman–Crippen MR) is 139 cm³/mol. The van der Waals surface area contributed by atoms with Gasteiger partial charge in [0.15, 0.2) is 0 Å². The highest BCUT2D eigenvalue weighted by Gasteiger charge is 2.28. The Kier molecular flexibility index (Phi) is 9.28. The number of ether oxygens (including phenoxy) is 1. The van der Waals surface area contributed by atoms with Gasteiger partial charge in [0.2, 0.25) is 5.91 Å². The average molecular weight is 494 g/mol. The van der Waals surface area contributed by atoms with Crippen molar-refractivity contribution in [2.75, 3.05) is 13.7 Å². The van der Waals surface area contributed by atoms with Gasteiger partial charge >= 0.3 is 0 Å². The summed E-state index contributed by atoms with van der Waals surface area (Å²) in [6, 6.07) is 17.5. The molecule has 1 atom stereocenters. The van der Waals surface area contributed by atoms with Gasteiger partial charge in [-0.3, -0.25) is 9.59 Å². The third-order valence-electron chi connectivity index (χ3n) is 6.48. The van der Waals surface area contributed by atoms with Crippen LogP contribution in [0.2, 0.25) is 0 Å². The summed E-state index contributed by atoms with van der Waals surface area (Å²) >= 11 is 0. The highest BCUT2D eigenvalue weighted by atomic mass is 19.1. The summed E-state index contributed by atoms with van der Waals surface area (Å²) in [5, 5.41) is 0. The minimum atomic E-state index is -0.588. The molecule has 0 fully saturated rings. The van der Waals surface area contributed by atoms with Gasteiger partial charge in [0, 0.05) is 30.5 Å². The standard InChI is InChI=1S/C29H36FN3O3/c1-6-22(4)33(19-24-12-10-16-31(24)18-23-11-9-13-25(17-23)36-5)28(34)20-32(21(2)3)29(35)26-14-7-8-15-27(26)30/h7-17,21-22H,6,18-20H2,1-5H3. The number of methoxy groups -OCH3 is 1. The average Bonchev–Trinajstić information content (AvgIpc) is 3.31. The molecule has 192 valence electrons. The maximum Gasteiger partial charge on any atom is 0.257 e. The van der Waals surface area contributed by atoms with E-state index in [0.29, 0.717) is 13.1 Å². The zero-order chi connectivity index (χ0) is 26.2. The molecule has 0 saturated heterocycles. The van der Waals surface area contributed by atoms with E-state index < -0.39 is 11.7 Å². The first-order valence-electron chi connectivity index (χ1n) is 12.4. The fourth-order valence-corrected chi connectivity index (χ4v) is 4.11. The highest BCUT2D eigenvalue weighted by Crippen LogP contribution is 2.19. The van der Waals surface area contributed by atoms with Crippen LogP contribution in [0.5, 0.6) is 5.75 Å². The van der Waals surface area contributed by atoms with Gasteiger partial charge in [-0.1, -0.05) is 31.2 Å². The lowest BCUT2D eigenvalue weighted by Gasteiger charge is -2.33. The molecule has 2 aromatic carbocycles. The van der Waals surface area contributed by atoms with Gasteiger partial charge in [0.25, 0.3) is 5.91 Å². The lowest BCUT2D eigenvalue weighted by Crippen LogP contribution is -2.48. The van der Waals surface area contributed by atoms with Crippen LogP contribution in [0, 0.1) is 5.82 Å². The van der Waals surface area contributed by atoms with Crippen LogP contribution >= 0.6 is 0 Å². The van der Waals surface area contributed by atoms with Gasteiger partial charge in [-0.05, 0) is 69.2 Å². The van der Waals surface area contributed by atoms with E-state index in [1.807, 2.05) is 70.3 Å². The monoisotopic (exact) mass is 493 g/mol. The van der Waals surface area contributed by atoms with E-state index in [1.54, 1.807) is 24.1 Å². The lowest BCUT2D eigenvalue weighted by molar-refractivity contribution is -0.135. The number of hydrogen-bond donors (Lipinski definition) is 0. The van der Waals surface area contributed by atoms with Crippen molar-refractivity contribution in [2.45, 2.75) is 59.3 Å². The first-order chi connectivity index (χ1) is 17.2. The minimum Gasteiger partial charge on any atom is -0.497 e. The van der Waals surface area contributed by atoms with E-state index in [2.05, 4.69) is 4.57 Å². The Balaban J connectivity index is 1.80. The Hall–Kier alpha value is -3.61. The summed E-state index contributed by atoms with van der Waals surface area (Å²) in [4.78, 5) is 29.9. The molecule has 0 aliphatic heterocycles. The van der Waals surface area contributed by atoms with Gasteiger partial charge in [0.1, 0.15) is 18.1 Å². The SMILES string of the molecule is CCC(C)N(Cc1cccn1Cc1cccc(OC)c1)C(=O)CN(C(=O)c1ccccc1F)C(C)C. The van der Waals surface area contributed by atoms with Crippen molar-refractivity contribution in [3.05, 3.63) is 89.5 Å². The molecule has 2 amide bonds. The third-order valence-corrected chi connectivity index (χ3v) is 6.48. The summed E-state index contributed by atoms with van der Waals surface area (Å²) in [5.41, 5.74) is 2.05. The number of nitrogens with zero attached hydrogens (tertiary/aromatic N) is 3. The first kappa shape index (κ1) is 27.0. The van der Waals surface area contributed by atoms with Crippen LogP contribution in [0.1, 0.15) is 55.7 Å². The molecular weight excluding hydrogens is 457 g/mol. The molecule has 0 saturated carbocycles. The zero-order valence-corrected chi connectivity index (χ0v) is 21.8. The van der Waals surface area contributed by atoms with E-state index in [4.69, 9.17) is 4.74 Å². The first-order valence-corrected chi connectivity index (χ1v) is 12.4. The topological polar surface area (TPSA) is 54.8 Å². The number of benzene rings is 2. The maximum atomic E-state index is 14.3. The Morgan fingerprint density at radius 1 is 1.00 bits per heavy atom. The Morgan fingerprint density at radius 3 is 2.42 bits per heavy atom. The van der Waals surface area contributed by atoms with Gasteiger partial charge in [-0.2, -0.15) is 0 Å². The molecule has 0 bridgehead atoms. The molecule has 3 aromatic rings. The summed E-state index contributed by atoms with van der Waals surface area (Å²) < 4.78 is 21.8. The number of amides is 2. The van der Waals surface area contributed by atoms with Crippen LogP contribution in [-0.4, -0.2) is 51.9 Å². The number of carbonyl (C=O) groups excluding carboxylic acids is 2. The number of rotatable bonds is 11. The smallest absolute Gasteiger partial charge is 0.257 e. The molecule has 3 rings (SSSR count).